The highest BCUT2D eigenvalue weighted by atomic mass is 19.4. The van der Waals surface area contributed by atoms with Gasteiger partial charge in [0.2, 0.25) is 0 Å². The van der Waals surface area contributed by atoms with E-state index < -0.39 is 11.7 Å². The Balaban J connectivity index is 2.12. The Kier molecular flexibility index (Phi) is 9.43. The monoisotopic (exact) mass is 513 g/mol. The lowest BCUT2D eigenvalue weighted by Crippen LogP contribution is -2.24. The van der Waals surface area contributed by atoms with E-state index in [0.717, 1.165) is 52.6 Å². The average molecular weight is 514 g/mol. The van der Waals surface area contributed by atoms with E-state index in [2.05, 4.69) is 52.6 Å². The highest BCUT2D eigenvalue weighted by Gasteiger charge is 2.30. The molecule has 2 aromatic carbocycles. The van der Waals surface area contributed by atoms with Gasteiger partial charge in [-0.05, 0) is 63.0 Å². The van der Waals surface area contributed by atoms with Gasteiger partial charge in [0.1, 0.15) is 5.82 Å². The molecule has 3 rings (SSSR count). The molecule has 0 amide bonds. The minimum Gasteiger partial charge on any atom is -0.381 e. The van der Waals surface area contributed by atoms with Crippen molar-refractivity contribution >= 4 is 23.9 Å². The van der Waals surface area contributed by atoms with Crippen LogP contribution in [0.15, 0.2) is 59.6 Å². The topological polar surface area (TPSA) is 44.6 Å². The number of nitrogens with one attached hydrogen (secondary N) is 2. The van der Waals surface area contributed by atoms with Gasteiger partial charge in [-0.15, -0.1) is 0 Å². The average Bonchev–Trinajstić information content (AvgIpc) is 3.10. The molecule has 1 heterocycles. The summed E-state index contributed by atoms with van der Waals surface area (Å²) in [5.41, 5.74) is 4.32. The van der Waals surface area contributed by atoms with Crippen LogP contribution in [0.5, 0.6) is 0 Å². The standard InChI is InChI=1S/C29H38F3N5/c1-7-26-27(34-17-25(33-4)20(2)3)24(19-36(5)6)28(35-23-11-9-8-10-12-23)37(26)18-21-13-15-22(16-14-21)29(30,31)32/h8-16,20,25,34-35H,4,7,17-19H2,1-3,5-6H3. The summed E-state index contributed by atoms with van der Waals surface area (Å²) in [6.45, 7) is 11.9. The van der Waals surface area contributed by atoms with Crippen LogP contribution in [-0.2, 0) is 25.7 Å². The Morgan fingerprint density at radius 3 is 2.19 bits per heavy atom. The van der Waals surface area contributed by atoms with E-state index in [-0.39, 0.29) is 6.04 Å². The Hall–Kier alpha value is -3.26. The molecular weight excluding hydrogens is 475 g/mol. The third-order valence-electron chi connectivity index (χ3n) is 6.43. The lowest BCUT2D eigenvalue weighted by Gasteiger charge is -2.19. The molecule has 37 heavy (non-hydrogen) atoms. The zero-order valence-corrected chi connectivity index (χ0v) is 22.4. The van der Waals surface area contributed by atoms with Crippen LogP contribution in [0.2, 0.25) is 0 Å². The summed E-state index contributed by atoms with van der Waals surface area (Å²) >= 11 is 0. The van der Waals surface area contributed by atoms with Gasteiger partial charge in [-0.2, -0.15) is 13.2 Å². The normalized spacial score (nSPS) is 12.7. The predicted molar refractivity (Wildman–Crippen MR) is 148 cm³/mol. The molecule has 2 N–H and O–H groups in total. The number of benzene rings is 2. The second kappa shape index (κ2) is 12.3. The number of rotatable bonds is 12. The van der Waals surface area contributed by atoms with Crippen molar-refractivity contribution in [3.63, 3.8) is 0 Å². The summed E-state index contributed by atoms with van der Waals surface area (Å²) in [7, 11) is 4.05. The van der Waals surface area contributed by atoms with Gasteiger partial charge in [-0.25, -0.2) is 0 Å². The summed E-state index contributed by atoms with van der Waals surface area (Å²) in [6, 6.07) is 15.4. The molecular formula is C29H38F3N5. The minimum atomic E-state index is -4.36. The Labute approximate surface area is 218 Å². The summed E-state index contributed by atoms with van der Waals surface area (Å²) in [5.74, 6) is 1.26. The molecule has 1 aromatic heterocycles. The highest BCUT2D eigenvalue weighted by Crippen LogP contribution is 2.37. The number of nitrogens with zero attached hydrogens (tertiary/aromatic N) is 3. The van der Waals surface area contributed by atoms with E-state index in [9.17, 15) is 13.2 Å². The number of aromatic nitrogens is 1. The maximum atomic E-state index is 13.1. The molecule has 1 unspecified atom stereocenters. The first kappa shape index (κ1) is 28.3. The highest BCUT2D eigenvalue weighted by molar-refractivity contribution is 5.73. The van der Waals surface area contributed by atoms with E-state index in [1.54, 1.807) is 12.1 Å². The number of hydrogen-bond acceptors (Lipinski definition) is 4. The number of para-hydroxylation sites is 1. The first-order chi connectivity index (χ1) is 17.5. The maximum absolute atomic E-state index is 13.1. The predicted octanol–water partition coefficient (Wildman–Crippen LogP) is 7.06. The van der Waals surface area contributed by atoms with Gasteiger partial charge in [-0.1, -0.05) is 51.1 Å². The SMILES string of the molecule is C=NC(CNc1c(CN(C)C)c(Nc2ccccc2)n(Cc2ccc(C(F)(F)F)cc2)c1CC)C(C)C. The largest absolute Gasteiger partial charge is 0.416 e. The van der Waals surface area contributed by atoms with Gasteiger partial charge in [0.05, 0.1) is 17.3 Å². The van der Waals surface area contributed by atoms with Gasteiger partial charge in [-0.3, -0.25) is 4.99 Å². The number of anilines is 3. The van der Waals surface area contributed by atoms with E-state index in [1.165, 1.54) is 0 Å². The van der Waals surface area contributed by atoms with Crippen LogP contribution >= 0.6 is 0 Å². The van der Waals surface area contributed by atoms with Crippen LogP contribution in [0.1, 0.15) is 43.2 Å². The molecule has 8 heteroatoms. The first-order valence-corrected chi connectivity index (χ1v) is 12.6. The zero-order chi connectivity index (χ0) is 27.2. The molecule has 0 aliphatic carbocycles. The van der Waals surface area contributed by atoms with Gasteiger partial charge < -0.3 is 20.1 Å². The summed E-state index contributed by atoms with van der Waals surface area (Å²) in [6.07, 6.45) is -3.61. The zero-order valence-electron chi connectivity index (χ0n) is 22.4. The van der Waals surface area contributed by atoms with Crippen molar-refractivity contribution in [3.05, 3.63) is 77.0 Å². The van der Waals surface area contributed by atoms with Crippen molar-refractivity contribution in [1.82, 2.24) is 9.47 Å². The summed E-state index contributed by atoms with van der Waals surface area (Å²) in [5, 5.41) is 7.26. The fraction of sp³-hybridized carbons (Fsp3) is 0.414. The molecule has 3 aromatic rings. The van der Waals surface area contributed by atoms with Crippen LogP contribution in [0.4, 0.5) is 30.4 Å². The van der Waals surface area contributed by atoms with Crippen LogP contribution < -0.4 is 10.6 Å². The van der Waals surface area contributed by atoms with Gasteiger partial charge >= 0.3 is 6.18 Å². The minimum absolute atomic E-state index is 0.0562. The van der Waals surface area contributed by atoms with Gasteiger partial charge in [0.25, 0.3) is 0 Å². The number of aliphatic imine (C=N–C) groups is 1. The van der Waals surface area contributed by atoms with Crippen LogP contribution in [0.3, 0.4) is 0 Å². The molecule has 0 spiro atoms. The quantitative estimate of drug-likeness (QED) is 0.255. The van der Waals surface area contributed by atoms with Crippen molar-refractivity contribution in [1.29, 1.82) is 0 Å². The molecule has 0 saturated heterocycles. The maximum Gasteiger partial charge on any atom is 0.416 e. The fourth-order valence-corrected chi connectivity index (χ4v) is 4.45. The molecule has 0 bridgehead atoms. The lowest BCUT2D eigenvalue weighted by atomic mass is 10.0. The fourth-order valence-electron chi connectivity index (χ4n) is 4.45. The molecule has 0 aliphatic heterocycles. The third-order valence-corrected chi connectivity index (χ3v) is 6.43. The van der Waals surface area contributed by atoms with E-state index in [4.69, 9.17) is 0 Å². The van der Waals surface area contributed by atoms with Crippen molar-refractivity contribution in [2.45, 2.75) is 52.5 Å². The van der Waals surface area contributed by atoms with E-state index in [0.29, 0.717) is 25.6 Å². The second-order valence-corrected chi connectivity index (χ2v) is 9.89. The van der Waals surface area contributed by atoms with Crippen LogP contribution in [0, 0.1) is 5.92 Å². The second-order valence-electron chi connectivity index (χ2n) is 9.89. The molecule has 0 fully saturated rings. The molecule has 1 atom stereocenters. The molecule has 0 saturated carbocycles. The Morgan fingerprint density at radius 1 is 1.03 bits per heavy atom. The summed E-state index contributed by atoms with van der Waals surface area (Å²) < 4.78 is 41.6. The molecule has 5 nitrogen and oxygen atoms in total. The number of alkyl halides is 3. The molecule has 0 aliphatic rings. The Bertz CT molecular complexity index is 1150. The van der Waals surface area contributed by atoms with Crippen LogP contribution in [-0.4, -0.2) is 42.9 Å². The number of hydrogen-bond donors (Lipinski definition) is 2. The molecule has 0 radical (unpaired) electrons. The Morgan fingerprint density at radius 2 is 1.68 bits per heavy atom. The van der Waals surface area contributed by atoms with Crippen molar-refractivity contribution < 1.29 is 13.2 Å². The van der Waals surface area contributed by atoms with Crippen molar-refractivity contribution in [3.8, 4) is 0 Å². The smallest absolute Gasteiger partial charge is 0.381 e. The van der Waals surface area contributed by atoms with Crippen molar-refractivity contribution in [2.24, 2.45) is 10.9 Å². The van der Waals surface area contributed by atoms with Crippen LogP contribution in [0.25, 0.3) is 0 Å². The number of halogens is 3. The molecule has 200 valence electrons. The van der Waals surface area contributed by atoms with Gasteiger partial charge in [0, 0.05) is 36.6 Å². The lowest BCUT2D eigenvalue weighted by molar-refractivity contribution is -0.137. The summed E-state index contributed by atoms with van der Waals surface area (Å²) in [4.78, 5) is 6.42. The third kappa shape index (κ3) is 7.16. The van der Waals surface area contributed by atoms with Crippen molar-refractivity contribution in [2.75, 3.05) is 31.3 Å². The first-order valence-electron chi connectivity index (χ1n) is 12.6. The van der Waals surface area contributed by atoms with Gasteiger partial charge in [0.15, 0.2) is 0 Å². The van der Waals surface area contributed by atoms with E-state index in [1.807, 2.05) is 44.4 Å². The van der Waals surface area contributed by atoms with E-state index >= 15 is 0 Å².